The highest BCUT2D eigenvalue weighted by atomic mass is 32.2. The van der Waals surface area contributed by atoms with Crippen molar-refractivity contribution >= 4 is 26.7 Å². The number of nitrogens with zero attached hydrogens (tertiary/aromatic N) is 1. The molecule has 0 radical (unpaired) electrons. The van der Waals surface area contributed by atoms with Crippen LogP contribution >= 0.6 is 0 Å². The molecule has 1 rings (SSSR count). The lowest BCUT2D eigenvalue weighted by molar-refractivity contribution is 0.0946. The second kappa shape index (κ2) is 7.00. The van der Waals surface area contributed by atoms with Crippen LogP contribution in [0.1, 0.15) is 23.8 Å². The average molecular weight is 321 g/mol. The highest BCUT2D eigenvalue weighted by Gasteiger charge is 2.18. The number of sulfonamides is 1. The Balaban J connectivity index is 2.94. The maximum absolute atomic E-state index is 12.0. The largest absolute Gasteiger partial charge is 0.350 e. The number of hydrogen-bond donors (Lipinski definition) is 2. The topological polar surface area (TPSA) is 111 Å². The molecule has 0 bridgehead atoms. The van der Waals surface area contributed by atoms with Gasteiger partial charge in [-0.3, -0.25) is 9.00 Å². The van der Waals surface area contributed by atoms with E-state index >= 15 is 0 Å². The normalized spacial score (nSPS) is 13.2. The number of hydrogen-bond acceptors (Lipinski definition) is 4. The summed E-state index contributed by atoms with van der Waals surface area (Å²) in [5, 5.41) is 7.67. The highest BCUT2D eigenvalue weighted by Crippen LogP contribution is 2.13. The number of aromatic nitrogens is 1. The third-order valence-electron chi connectivity index (χ3n) is 2.57. The molecule has 0 saturated carbocycles. The van der Waals surface area contributed by atoms with E-state index in [-0.39, 0.29) is 17.1 Å². The maximum Gasteiger partial charge on any atom is 0.267 e. The lowest BCUT2D eigenvalue weighted by Crippen LogP contribution is -2.29. The summed E-state index contributed by atoms with van der Waals surface area (Å²) in [6.07, 6.45) is 3.65. The fourth-order valence-corrected chi connectivity index (χ4v) is 2.59. The van der Waals surface area contributed by atoms with Gasteiger partial charge < -0.3 is 9.88 Å². The van der Waals surface area contributed by atoms with Gasteiger partial charge in [-0.2, -0.15) is 0 Å². The van der Waals surface area contributed by atoms with Crippen LogP contribution in [0.15, 0.2) is 17.2 Å². The van der Waals surface area contributed by atoms with Crippen LogP contribution in [0.4, 0.5) is 0 Å². The molecule has 1 unspecified atom stereocenters. The van der Waals surface area contributed by atoms with Crippen molar-refractivity contribution < 1.29 is 17.4 Å². The molecule has 0 aliphatic carbocycles. The molecule has 0 fully saturated rings. The van der Waals surface area contributed by atoms with Gasteiger partial charge in [-0.25, -0.2) is 13.6 Å². The molecular weight excluding hydrogens is 302 g/mol. The van der Waals surface area contributed by atoms with Gasteiger partial charge in [0.2, 0.25) is 10.0 Å². The minimum atomic E-state index is -3.84. The van der Waals surface area contributed by atoms with Crippen LogP contribution in [0.2, 0.25) is 0 Å². The Bertz CT molecular complexity index is 607. The van der Waals surface area contributed by atoms with Gasteiger partial charge in [0.05, 0.1) is 0 Å². The van der Waals surface area contributed by atoms with Crippen molar-refractivity contribution in [1.82, 2.24) is 9.88 Å². The Morgan fingerprint density at radius 2 is 2.15 bits per heavy atom. The van der Waals surface area contributed by atoms with Gasteiger partial charge in [-0.05, 0) is 12.5 Å². The molecule has 1 aromatic heterocycles. The quantitative estimate of drug-likeness (QED) is 0.715. The van der Waals surface area contributed by atoms with E-state index in [4.69, 9.17) is 5.14 Å². The molecule has 9 heteroatoms. The van der Waals surface area contributed by atoms with Gasteiger partial charge in [0.15, 0.2) is 0 Å². The number of aryl methyl sites for hydroxylation is 1. The van der Waals surface area contributed by atoms with Gasteiger partial charge in [-0.1, -0.05) is 6.92 Å². The van der Waals surface area contributed by atoms with Crippen LogP contribution in [0, 0.1) is 0 Å². The van der Waals surface area contributed by atoms with Crippen molar-refractivity contribution in [3.63, 3.8) is 0 Å². The first-order valence-corrected chi connectivity index (χ1v) is 9.34. The Hall–Kier alpha value is -1.19. The van der Waals surface area contributed by atoms with E-state index in [1.165, 1.54) is 12.3 Å². The lowest BCUT2D eigenvalue weighted by atomic mass is 10.4. The standard InChI is InChI=1S/C11H19N3O4S2/c1-3-5-14-8-9(20(12,17)18)7-10(14)11(15)13-4-6-19(2)16/h7-8H,3-6H2,1-2H3,(H,13,15)(H2,12,17,18). The zero-order chi connectivity index (χ0) is 15.3. The summed E-state index contributed by atoms with van der Waals surface area (Å²) in [4.78, 5) is 11.9. The molecule has 0 spiro atoms. The van der Waals surface area contributed by atoms with E-state index in [0.717, 1.165) is 6.42 Å². The number of amides is 1. The SMILES string of the molecule is CCCn1cc(S(N)(=O)=O)cc1C(=O)NCCS(C)=O. The van der Waals surface area contributed by atoms with E-state index in [9.17, 15) is 17.4 Å². The summed E-state index contributed by atoms with van der Waals surface area (Å²) < 4.78 is 35.1. The van der Waals surface area contributed by atoms with E-state index < -0.39 is 26.7 Å². The first kappa shape index (κ1) is 16.9. The van der Waals surface area contributed by atoms with Crippen LogP contribution in [0.3, 0.4) is 0 Å². The smallest absolute Gasteiger partial charge is 0.267 e. The van der Waals surface area contributed by atoms with Crippen LogP contribution < -0.4 is 10.5 Å². The Morgan fingerprint density at radius 1 is 1.50 bits per heavy atom. The van der Waals surface area contributed by atoms with Gasteiger partial charge >= 0.3 is 0 Å². The summed E-state index contributed by atoms with van der Waals surface area (Å²) in [7, 11) is -4.83. The fraction of sp³-hybridized carbons (Fsp3) is 0.545. The van der Waals surface area contributed by atoms with Crippen molar-refractivity contribution in [2.45, 2.75) is 24.8 Å². The van der Waals surface area contributed by atoms with Crippen molar-refractivity contribution in [3.05, 3.63) is 18.0 Å². The molecule has 3 N–H and O–H groups in total. The van der Waals surface area contributed by atoms with Crippen LogP contribution in [0.25, 0.3) is 0 Å². The number of primary sulfonamides is 1. The summed E-state index contributed by atoms with van der Waals surface area (Å²) in [6.45, 7) is 2.69. The van der Waals surface area contributed by atoms with E-state index in [1.54, 1.807) is 10.8 Å². The van der Waals surface area contributed by atoms with Crippen LogP contribution in [-0.4, -0.2) is 41.7 Å². The van der Waals surface area contributed by atoms with E-state index in [1.807, 2.05) is 6.92 Å². The molecular formula is C11H19N3O4S2. The van der Waals surface area contributed by atoms with E-state index in [2.05, 4.69) is 5.32 Å². The third-order valence-corrected chi connectivity index (χ3v) is 4.23. The van der Waals surface area contributed by atoms with Crippen LogP contribution in [0.5, 0.6) is 0 Å². The monoisotopic (exact) mass is 321 g/mol. The maximum atomic E-state index is 12.0. The summed E-state index contributed by atoms with van der Waals surface area (Å²) in [6, 6.07) is 1.25. The summed E-state index contributed by atoms with van der Waals surface area (Å²) in [5.41, 5.74) is 0.234. The molecule has 1 amide bonds. The third kappa shape index (κ3) is 4.73. The molecule has 0 saturated heterocycles. The fourth-order valence-electron chi connectivity index (χ4n) is 1.65. The number of nitrogens with two attached hydrogens (primary N) is 1. The number of nitrogens with one attached hydrogen (secondary N) is 1. The minimum absolute atomic E-state index is 0.0878. The molecule has 7 nitrogen and oxygen atoms in total. The van der Waals surface area contributed by atoms with Crippen molar-refractivity contribution in [3.8, 4) is 0 Å². The first-order chi connectivity index (χ1) is 9.25. The van der Waals surface area contributed by atoms with Crippen molar-refractivity contribution in [1.29, 1.82) is 0 Å². The molecule has 114 valence electrons. The van der Waals surface area contributed by atoms with Gasteiger partial charge in [0, 0.05) is 42.1 Å². The van der Waals surface area contributed by atoms with Crippen LogP contribution in [-0.2, 0) is 27.4 Å². The molecule has 0 aliphatic rings. The summed E-state index contributed by atoms with van der Waals surface area (Å²) in [5.74, 6) is -0.0544. The zero-order valence-electron chi connectivity index (χ0n) is 11.5. The number of carbonyl (C=O) groups excluding carboxylic acids is 1. The first-order valence-electron chi connectivity index (χ1n) is 6.07. The molecule has 20 heavy (non-hydrogen) atoms. The second-order valence-corrected chi connectivity index (χ2v) is 7.45. The van der Waals surface area contributed by atoms with E-state index in [0.29, 0.717) is 12.3 Å². The summed E-state index contributed by atoms with van der Waals surface area (Å²) >= 11 is 0. The Labute approximate surface area is 121 Å². The average Bonchev–Trinajstić information content (AvgIpc) is 2.72. The Kier molecular flexibility index (Phi) is 5.90. The molecule has 1 aromatic rings. The second-order valence-electron chi connectivity index (χ2n) is 4.33. The Morgan fingerprint density at radius 3 is 2.65 bits per heavy atom. The zero-order valence-corrected chi connectivity index (χ0v) is 13.1. The molecule has 0 aromatic carbocycles. The van der Waals surface area contributed by atoms with Gasteiger partial charge in [-0.15, -0.1) is 0 Å². The van der Waals surface area contributed by atoms with Gasteiger partial charge in [0.25, 0.3) is 5.91 Å². The molecule has 0 aliphatic heterocycles. The predicted octanol–water partition coefficient (Wildman–Crippen LogP) is -0.346. The number of carbonyl (C=O) groups is 1. The predicted molar refractivity (Wildman–Crippen MR) is 77.4 cm³/mol. The van der Waals surface area contributed by atoms with Crippen molar-refractivity contribution in [2.75, 3.05) is 18.6 Å². The minimum Gasteiger partial charge on any atom is -0.350 e. The van der Waals surface area contributed by atoms with Crippen molar-refractivity contribution in [2.24, 2.45) is 5.14 Å². The lowest BCUT2D eigenvalue weighted by Gasteiger charge is -2.07. The molecule has 1 heterocycles. The molecule has 1 atom stereocenters. The van der Waals surface area contributed by atoms with Gasteiger partial charge in [0.1, 0.15) is 10.6 Å². The highest BCUT2D eigenvalue weighted by molar-refractivity contribution is 7.89. The number of rotatable bonds is 7.